The highest BCUT2D eigenvalue weighted by atomic mass is 16.7. The van der Waals surface area contributed by atoms with E-state index in [9.17, 15) is 20.1 Å². The number of fused-ring (bicyclic) bond motifs is 3. The van der Waals surface area contributed by atoms with Gasteiger partial charge in [0.2, 0.25) is 5.79 Å². The van der Waals surface area contributed by atoms with Gasteiger partial charge in [-0.05, 0) is 91.1 Å². The van der Waals surface area contributed by atoms with Crippen molar-refractivity contribution in [2.24, 2.45) is 22.9 Å². The lowest BCUT2D eigenvalue weighted by Crippen LogP contribution is -2.69. The third-order valence-electron chi connectivity index (χ3n) is 10.7. The highest BCUT2D eigenvalue weighted by Crippen LogP contribution is 2.61. The minimum Gasteiger partial charge on any atom is -0.508 e. The van der Waals surface area contributed by atoms with Crippen LogP contribution in [-0.4, -0.2) is 77.1 Å². The van der Waals surface area contributed by atoms with E-state index in [1.807, 2.05) is 49.4 Å². The van der Waals surface area contributed by atoms with E-state index in [0.29, 0.717) is 37.2 Å². The largest absolute Gasteiger partial charge is 0.508 e. The summed E-state index contributed by atoms with van der Waals surface area (Å²) in [5, 5.41) is 37.0. The van der Waals surface area contributed by atoms with Crippen LogP contribution < -0.4 is 4.74 Å². The molecular weight excluding hydrogens is 632 g/mol. The van der Waals surface area contributed by atoms with Crippen LogP contribution >= 0.6 is 0 Å². The number of hydrogen-bond donors (Lipinski definition) is 3. The summed E-state index contributed by atoms with van der Waals surface area (Å²) >= 11 is 0. The summed E-state index contributed by atoms with van der Waals surface area (Å²) in [6, 6.07) is 18.3. The number of oxime groups is 1. The highest BCUT2D eigenvalue weighted by molar-refractivity contribution is 6.04. The van der Waals surface area contributed by atoms with Gasteiger partial charge in [0.25, 0.3) is 5.91 Å². The SMILES string of the molecule is C=CCO[C@@]12Oc3ccc(O)cc3[C@H]3[C@H](CCCCO)[C@@H](CCCCO)C=C(C(=NOCC)C[C@@H]1N(C)C(=O)c1ccc4ccccc4c1)[C@H]32. The first-order valence-electron chi connectivity index (χ1n) is 18.0. The summed E-state index contributed by atoms with van der Waals surface area (Å²) in [7, 11) is 1.80. The molecule has 9 nitrogen and oxygen atoms in total. The van der Waals surface area contributed by atoms with Gasteiger partial charge in [-0.15, -0.1) is 6.58 Å². The molecule has 0 unspecified atom stereocenters. The van der Waals surface area contributed by atoms with E-state index < -0.39 is 17.7 Å². The zero-order valence-electron chi connectivity index (χ0n) is 29.2. The van der Waals surface area contributed by atoms with Crippen molar-refractivity contribution in [1.82, 2.24) is 4.90 Å². The van der Waals surface area contributed by atoms with Gasteiger partial charge in [-0.2, -0.15) is 0 Å². The topological polar surface area (TPSA) is 121 Å². The lowest BCUT2D eigenvalue weighted by Gasteiger charge is -2.59. The molecule has 3 aromatic rings. The number of allylic oxidation sites excluding steroid dienone is 1. The van der Waals surface area contributed by atoms with Gasteiger partial charge in [0.1, 0.15) is 24.1 Å². The number of ether oxygens (including phenoxy) is 2. The molecule has 0 aromatic heterocycles. The van der Waals surface area contributed by atoms with Crippen molar-refractivity contribution < 1.29 is 34.4 Å². The van der Waals surface area contributed by atoms with Crippen molar-refractivity contribution in [1.29, 1.82) is 0 Å². The average molecular weight is 683 g/mol. The molecule has 0 saturated heterocycles. The number of carbonyl (C=O) groups excluding carboxylic acids is 1. The number of carbonyl (C=O) groups is 1. The first kappa shape index (κ1) is 35.6. The monoisotopic (exact) mass is 682 g/mol. The van der Waals surface area contributed by atoms with Crippen molar-refractivity contribution in [2.75, 3.05) is 33.5 Å². The van der Waals surface area contributed by atoms with Crippen molar-refractivity contribution in [3.8, 4) is 11.5 Å². The molecular formula is C41H50N2O7. The normalized spacial score (nSPS) is 26.0. The maximum absolute atomic E-state index is 14.5. The van der Waals surface area contributed by atoms with Crippen molar-refractivity contribution >= 4 is 22.4 Å². The van der Waals surface area contributed by atoms with Gasteiger partial charge in [-0.25, -0.2) is 0 Å². The second-order valence-electron chi connectivity index (χ2n) is 13.7. The number of nitrogens with zero attached hydrogens (tertiary/aromatic N) is 2. The number of benzene rings is 3. The van der Waals surface area contributed by atoms with E-state index in [4.69, 9.17) is 19.5 Å². The van der Waals surface area contributed by atoms with E-state index in [1.54, 1.807) is 36.2 Å². The molecule has 1 amide bonds. The third-order valence-corrected chi connectivity index (χ3v) is 10.7. The van der Waals surface area contributed by atoms with E-state index in [2.05, 4.69) is 12.7 Å². The molecule has 0 spiro atoms. The second-order valence-corrected chi connectivity index (χ2v) is 13.7. The molecule has 6 atom stereocenters. The molecule has 0 radical (unpaired) electrons. The smallest absolute Gasteiger partial charge is 0.254 e. The van der Waals surface area contributed by atoms with Crippen LogP contribution in [-0.2, 0) is 9.57 Å². The maximum atomic E-state index is 14.5. The Kier molecular flexibility index (Phi) is 11.3. The Morgan fingerprint density at radius 1 is 1.04 bits per heavy atom. The van der Waals surface area contributed by atoms with Crippen molar-refractivity contribution in [3.05, 3.63) is 96.1 Å². The molecule has 3 N–H and O–H groups in total. The number of aliphatic hydroxyl groups is 2. The Hall–Kier alpha value is -4.18. The fourth-order valence-corrected chi connectivity index (χ4v) is 8.55. The fraction of sp³-hybridized carbons (Fsp3) is 0.463. The predicted octanol–water partition coefficient (Wildman–Crippen LogP) is 6.97. The van der Waals surface area contributed by atoms with Crippen LogP contribution in [0.25, 0.3) is 10.8 Å². The molecule has 0 bridgehead atoms. The predicted molar refractivity (Wildman–Crippen MR) is 194 cm³/mol. The van der Waals surface area contributed by atoms with Gasteiger partial charge < -0.3 is 34.5 Å². The Balaban J connectivity index is 1.54. The Bertz CT molecular complexity index is 1740. The van der Waals surface area contributed by atoms with Crippen LogP contribution in [0.3, 0.4) is 0 Å². The van der Waals surface area contributed by atoms with Crippen molar-refractivity contribution in [2.45, 2.75) is 69.6 Å². The van der Waals surface area contributed by atoms with Crippen LogP contribution in [0.15, 0.2) is 90.1 Å². The number of hydrogen-bond acceptors (Lipinski definition) is 8. The lowest BCUT2D eigenvalue weighted by atomic mass is 9.55. The summed E-state index contributed by atoms with van der Waals surface area (Å²) in [5.74, 6) is -1.10. The lowest BCUT2D eigenvalue weighted by molar-refractivity contribution is -0.252. The zero-order valence-corrected chi connectivity index (χ0v) is 29.2. The van der Waals surface area contributed by atoms with Crippen LogP contribution in [0, 0.1) is 17.8 Å². The Morgan fingerprint density at radius 2 is 1.80 bits per heavy atom. The summed E-state index contributed by atoms with van der Waals surface area (Å²) in [6.07, 6.45) is 9.08. The van der Waals surface area contributed by atoms with E-state index in [0.717, 1.165) is 53.3 Å². The number of unbranched alkanes of at least 4 members (excludes halogenated alkanes) is 2. The molecule has 1 saturated carbocycles. The Labute approximate surface area is 294 Å². The molecule has 3 aromatic carbocycles. The first-order chi connectivity index (χ1) is 24.4. The number of likely N-dealkylation sites (N-methyl/N-ethyl adjacent to an activating group) is 1. The summed E-state index contributed by atoms with van der Waals surface area (Å²) in [4.78, 5) is 22.0. The van der Waals surface area contributed by atoms with Gasteiger partial charge in [-0.1, -0.05) is 60.5 Å². The molecule has 1 fully saturated rings. The molecule has 266 valence electrons. The first-order valence-corrected chi connectivity index (χ1v) is 18.0. The van der Waals surface area contributed by atoms with E-state index in [1.165, 1.54) is 0 Å². The number of rotatable bonds is 15. The molecule has 1 heterocycles. The van der Waals surface area contributed by atoms with Gasteiger partial charge in [0, 0.05) is 43.7 Å². The van der Waals surface area contributed by atoms with Crippen LogP contribution in [0.5, 0.6) is 11.5 Å². The molecule has 1 aliphatic heterocycles. The van der Waals surface area contributed by atoms with Gasteiger partial charge >= 0.3 is 0 Å². The Morgan fingerprint density at radius 3 is 2.54 bits per heavy atom. The summed E-state index contributed by atoms with van der Waals surface area (Å²) in [6.45, 7) is 6.67. The average Bonchev–Trinajstić information content (AvgIpc) is 3.13. The maximum Gasteiger partial charge on any atom is 0.254 e. The minimum atomic E-state index is -1.33. The number of aromatic hydroxyl groups is 1. The molecule has 50 heavy (non-hydrogen) atoms. The highest BCUT2D eigenvalue weighted by Gasteiger charge is 2.65. The molecule has 2 aliphatic carbocycles. The standard InChI is InChI=1S/C41H50N2O7/c1-4-22-48-41-37(43(3)40(47)30-17-16-27-12-6-7-13-28(27)23-30)26-35(42-49-5-2)33-24-29(14-8-10-20-44)32(15-9-11-21-45)38(39(33)41)34-25-31(46)18-19-36(34)50-41/h4,6-7,12-13,16-19,23-25,29,32,37-39,44-46H,1,5,8-11,14-15,20-22,26H2,2-3H3/t29-,32+,37-,38+,39+,41+/m0/s1. The van der Waals surface area contributed by atoms with Crippen LogP contribution in [0.4, 0.5) is 0 Å². The number of phenols is 1. The van der Waals surface area contributed by atoms with Crippen LogP contribution in [0.1, 0.15) is 73.7 Å². The number of aliphatic hydroxyl groups excluding tert-OH is 2. The van der Waals surface area contributed by atoms with Crippen molar-refractivity contribution in [3.63, 3.8) is 0 Å². The molecule has 3 aliphatic rings. The van der Waals surface area contributed by atoms with Gasteiger partial charge in [0.05, 0.1) is 18.2 Å². The molecule has 6 rings (SSSR count). The van der Waals surface area contributed by atoms with Gasteiger partial charge in [0.15, 0.2) is 0 Å². The minimum absolute atomic E-state index is 0.0961. The summed E-state index contributed by atoms with van der Waals surface area (Å²) < 4.78 is 14.0. The van der Waals surface area contributed by atoms with E-state index >= 15 is 0 Å². The second kappa shape index (κ2) is 15.8. The van der Waals surface area contributed by atoms with E-state index in [-0.39, 0.29) is 49.2 Å². The quantitative estimate of drug-likeness (QED) is 0.0900. The third kappa shape index (κ3) is 6.78. The zero-order chi connectivity index (χ0) is 35.3. The molecule has 9 heteroatoms. The fourth-order valence-electron chi connectivity index (χ4n) is 8.55. The number of amides is 1. The van der Waals surface area contributed by atoms with Gasteiger partial charge in [-0.3, -0.25) is 4.79 Å². The summed E-state index contributed by atoms with van der Waals surface area (Å²) in [5.41, 5.74) is 3.16. The number of phenolic OH excluding ortho intramolecular Hbond substituents is 1. The van der Waals surface area contributed by atoms with Crippen LogP contribution in [0.2, 0.25) is 0 Å².